The molecule has 4 fully saturated rings. The molecule has 0 aromatic carbocycles. The third-order valence-corrected chi connectivity index (χ3v) is 5.23. The van der Waals surface area contributed by atoms with E-state index in [1.165, 1.54) is 77.0 Å². The average molecular weight is 465 g/mol. The van der Waals surface area contributed by atoms with E-state index < -0.39 is 6.10 Å². The van der Waals surface area contributed by atoms with Crippen LogP contribution in [0.25, 0.3) is 0 Å². The highest BCUT2D eigenvalue weighted by molar-refractivity contribution is 4.66. The first kappa shape index (κ1) is 31.7. The summed E-state index contributed by atoms with van der Waals surface area (Å²) in [6.07, 6.45) is 18.4. The Morgan fingerprint density at radius 2 is 0.812 bits per heavy atom. The molecular formula is C25H52O7. The molecule has 4 aliphatic rings. The largest absolute Gasteiger partial charge is 0.388 e. The van der Waals surface area contributed by atoms with Gasteiger partial charge in [-0.2, -0.15) is 0 Å². The lowest BCUT2D eigenvalue weighted by Gasteiger charge is -2.05. The standard InChI is InChI=1S/2C6H12.C5H12O3.2C4H8O2/c2*1-2-4-6-5-3-1;1-7-3-5(6)4-8-2;2*1-5-2-4-3-6-4/h2*1-6H2;5-6H,3-4H2,1-2H3;2*4H,2-3H2,1H3. The molecule has 2 unspecified atom stereocenters. The molecule has 7 heteroatoms. The molecule has 0 aromatic rings. The third-order valence-electron chi connectivity index (χ3n) is 5.23. The SMILES string of the molecule is C1CCCCC1.C1CCCCC1.COCC(O)COC.COCC1CO1.COCC1CO1. The van der Waals surface area contributed by atoms with E-state index in [0.717, 1.165) is 26.4 Å². The Morgan fingerprint density at radius 3 is 0.938 bits per heavy atom. The summed E-state index contributed by atoms with van der Waals surface area (Å²) in [5.74, 6) is 0. The number of hydrogen-bond donors (Lipinski definition) is 1. The number of rotatable bonds is 8. The Labute approximate surface area is 197 Å². The Balaban J connectivity index is 0.000000377. The Bertz CT molecular complexity index is 286. The fraction of sp³-hybridized carbons (Fsp3) is 1.00. The van der Waals surface area contributed by atoms with E-state index in [1.54, 1.807) is 28.4 Å². The second kappa shape index (κ2) is 25.3. The molecular weight excluding hydrogens is 412 g/mol. The van der Waals surface area contributed by atoms with Crippen LogP contribution in [0.1, 0.15) is 77.0 Å². The number of aliphatic hydroxyl groups is 1. The molecule has 4 rings (SSSR count). The lowest BCUT2D eigenvalue weighted by atomic mass is 10.0. The summed E-state index contributed by atoms with van der Waals surface area (Å²) in [7, 11) is 6.45. The predicted octanol–water partition coefficient (Wildman–Crippen LogP) is 4.38. The molecule has 0 aromatic heterocycles. The molecule has 7 nitrogen and oxygen atoms in total. The fourth-order valence-corrected chi connectivity index (χ4v) is 3.25. The van der Waals surface area contributed by atoms with Gasteiger partial charge in [-0.05, 0) is 0 Å². The van der Waals surface area contributed by atoms with Gasteiger partial charge in [0.15, 0.2) is 0 Å². The van der Waals surface area contributed by atoms with Crippen LogP contribution >= 0.6 is 0 Å². The van der Waals surface area contributed by atoms with Crippen LogP contribution in [-0.4, -0.2) is 91.5 Å². The Hall–Kier alpha value is -0.280. The summed E-state index contributed by atoms with van der Waals surface area (Å²) < 4.78 is 28.4. The van der Waals surface area contributed by atoms with Crippen molar-refractivity contribution in [1.29, 1.82) is 0 Å². The van der Waals surface area contributed by atoms with Gasteiger partial charge in [-0.15, -0.1) is 0 Å². The molecule has 0 radical (unpaired) electrons. The summed E-state index contributed by atoms with van der Waals surface area (Å²) in [6.45, 7) is 4.00. The molecule has 0 spiro atoms. The maximum atomic E-state index is 8.80. The summed E-state index contributed by atoms with van der Waals surface area (Å²) in [5.41, 5.74) is 0. The van der Waals surface area contributed by atoms with E-state index in [-0.39, 0.29) is 0 Å². The van der Waals surface area contributed by atoms with Crippen molar-refractivity contribution in [1.82, 2.24) is 0 Å². The van der Waals surface area contributed by atoms with Gasteiger partial charge in [-0.25, -0.2) is 0 Å². The number of epoxide rings is 2. The van der Waals surface area contributed by atoms with E-state index in [9.17, 15) is 0 Å². The topological polar surface area (TPSA) is 82.2 Å². The van der Waals surface area contributed by atoms with Crippen molar-refractivity contribution >= 4 is 0 Å². The minimum absolute atomic E-state index is 0.341. The van der Waals surface area contributed by atoms with Crippen molar-refractivity contribution in [3.63, 3.8) is 0 Å². The number of aliphatic hydroxyl groups excluding tert-OH is 1. The Kier molecular flexibility index (Phi) is 25.1. The van der Waals surface area contributed by atoms with Crippen LogP contribution in [0.4, 0.5) is 0 Å². The van der Waals surface area contributed by atoms with Crippen molar-refractivity contribution in [3.8, 4) is 0 Å². The zero-order valence-corrected chi connectivity index (χ0v) is 21.4. The predicted molar refractivity (Wildman–Crippen MR) is 128 cm³/mol. The second-order valence-electron chi connectivity index (χ2n) is 8.63. The van der Waals surface area contributed by atoms with Crippen LogP contribution < -0.4 is 0 Å². The summed E-state index contributed by atoms with van der Waals surface area (Å²) in [5, 5.41) is 8.80. The quantitative estimate of drug-likeness (QED) is 0.534. The van der Waals surface area contributed by atoms with E-state index in [4.69, 9.17) is 24.1 Å². The van der Waals surface area contributed by atoms with Gasteiger partial charge in [0.1, 0.15) is 18.3 Å². The van der Waals surface area contributed by atoms with Crippen LogP contribution in [0.15, 0.2) is 0 Å². The van der Waals surface area contributed by atoms with Gasteiger partial charge in [-0.3, -0.25) is 0 Å². The first-order valence-corrected chi connectivity index (χ1v) is 12.5. The summed E-state index contributed by atoms with van der Waals surface area (Å²) >= 11 is 0. The molecule has 0 amide bonds. The second-order valence-corrected chi connectivity index (χ2v) is 8.63. The average Bonchev–Trinajstić information content (AvgIpc) is 3.76. The van der Waals surface area contributed by atoms with Gasteiger partial charge in [0.25, 0.3) is 0 Å². The summed E-state index contributed by atoms with van der Waals surface area (Å²) in [6, 6.07) is 0. The molecule has 2 aliphatic carbocycles. The highest BCUT2D eigenvalue weighted by Gasteiger charge is 2.21. The first-order chi connectivity index (χ1) is 15.7. The number of methoxy groups -OCH3 is 4. The first-order valence-electron chi connectivity index (χ1n) is 12.5. The minimum Gasteiger partial charge on any atom is -0.388 e. The maximum absolute atomic E-state index is 8.80. The van der Waals surface area contributed by atoms with Crippen LogP contribution in [-0.2, 0) is 28.4 Å². The van der Waals surface area contributed by atoms with Gasteiger partial charge in [0.05, 0.1) is 39.6 Å². The minimum atomic E-state index is -0.481. The van der Waals surface area contributed by atoms with E-state index >= 15 is 0 Å². The van der Waals surface area contributed by atoms with E-state index in [2.05, 4.69) is 9.47 Å². The smallest absolute Gasteiger partial charge is 0.104 e. The van der Waals surface area contributed by atoms with Gasteiger partial charge in [0, 0.05) is 28.4 Å². The monoisotopic (exact) mass is 464 g/mol. The van der Waals surface area contributed by atoms with Crippen LogP contribution in [0.3, 0.4) is 0 Å². The van der Waals surface area contributed by atoms with Crippen LogP contribution in [0.2, 0.25) is 0 Å². The molecule has 2 aliphatic heterocycles. The van der Waals surface area contributed by atoms with Gasteiger partial charge in [-0.1, -0.05) is 77.0 Å². The van der Waals surface area contributed by atoms with Gasteiger partial charge < -0.3 is 33.5 Å². The van der Waals surface area contributed by atoms with Crippen molar-refractivity contribution < 1.29 is 33.5 Å². The van der Waals surface area contributed by atoms with E-state index in [0.29, 0.717) is 25.4 Å². The zero-order chi connectivity index (χ0) is 23.7. The summed E-state index contributed by atoms with van der Waals surface area (Å²) in [4.78, 5) is 0. The Morgan fingerprint density at radius 1 is 0.562 bits per heavy atom. The van der Waals surface area contributed by atoms with Gasteiger partial charge >= 0.3 is 0 Å². The highest BCUT2D eigenvalue weighted by Crippen LogP contribution is 2.15. The van der Waals surface area contributed by atoms with Crippen molar-refractivity contribution in [2.75, 3.05) is 68.1 Å². The van der Waals surface area contributed by atoms with Crippen LogP contribution in [0.5, 0.6) is 0 Å². The third kappa shape index (κ3) is 27.8. The van der Waals surface area contributed by atoms with Crippen LogP contribution in [0, 0.1) is 0 Å². The molecule has 32 heavy (non-hydrogen) atoms. The number of hydrogen-bond acceptors (Lipinski definition) is 7. The fourth-order valence-electron chi connectivity index (χ4n) is 3.25. The lowest BCUT2D eigenvalue weighted by Crippen LogP contribution is -2.19. The van der Waals surface area contributed by atoms with Crippen molar-refractivity contribution in [2.45, 2.75) is 95.4 Å². The zero-order valence-electron chi connectivity index (χ0n) is 21.4. The highest BCUT2D eigenvalue weighted by atomic mass is 16.6. The molecule has 2 atom stereocenters. The maximum Gasteiger partial charge on any atom is 0.104 e. The molecule has 0 bridgehead atoms. The van der Waals surface area contributed by atoms with Crippen molar-refractivity contribution in [2.24, 2.45) is 0 Å². The van der Waals surface area contributed by atoms with E-state index in [1.807, 2.05) is 0 Å². The number of ether oxygens (including phenoxy) is 6. The molecule has 1 N–H and O–H groups in total. The molecule has 194 valence electrons. The molecule has 2 saturated heterocycles. The normalized spacial score (nSPS) is 23.1. The van der Waals surface area contributed by atoms with Gasteiger partial charge in [0.2, 0.25) is 0 Å². The molecule has 2 heterocycles. The molecule has 2 saturated carbocycles. The lowest BCUT2D eigenvalue weighted by molar-refractivity contribution is 0.00980. The van der Waals surface area contributed by atoms with Crippen molar-refractivity contribution in [3.05, 3.63) is 0 Å².